The summed E-state index contributed by atoms with van der Waals surface area (Å²) in [5.41, 5.74) is 2.08. The Morgan fingerprint density at radius 1 is 1.22 bits per heavy atom. The molecule has 0 N–H and O–H groups in total. The zero-order chi connectivity index (χ0) is 12.5. The molecular formula is C15H13NO2. The fourth-order valence-electron chi connectivity index (χ4n) is 2.21. The molecule has 1 atom stereocenters. The Labute approximate surface area is 105 Å². The number of ether oxygens (including phenoxy) is 1. The summed E-state index contributed by atoms with van der Waals surface area (Å²) < 4.78 is 7.88. The van der Waals surface area contributed by atoms with Crippen LogP contribution in [-0.4, -0.2) is 10.4 Å². The normalized spacial score (nSPS) is 19.6. The van der Waals surface area contributed by atoms with Crippen LogP contribution in [0.1, 0.15) is 24.3 Å². The third-order valence-electron chi connectivity index (χ3n) is 2.96. The highest BCUT2D eigenvalue weighted by Crippen LogP contribution is 2.38. The Bertz CT molecular complexity index is 611. The Morgan fingerprint density at radius 3 is 2.67 bits per heavy atom. The maximum absolute atomic E-state index is 11.2. The van der Waals surface area contributed by atoms with E-state index in [1.165, 1.54) is 6.92 Å². The Kier molecular flexibility index (Phi) is 2.52. The molecule has 0 radical (unpaired) electrons. The van der Waals surface area contributed by atoms with Crippen molar-refractivity contribution in [2.24, 2.45) is 0 Å². The summed E-state index contributed by atoms with van der Waals surface area (Å²) in [6, 6.07) is 11.9. The largest absolute Gasteiger partial charge is 0.465 e. The van der Waals surface area contributed by atoms with Crippen molar-refractivity contribution in [2.75, 3.05) is 0 Å². The van der Waals surface area contributed by atoms with Gasteiger partial charge in [0, 0.05) is 29.6 Å². The van der Waals surface area contributed by atoms with Crippen LogP contribution in [0.3, 0.4) is 0 Å². The lowest BCUT2D eigenvalue weighted by molar-refractivity contribution is -0.112. The third kappa shape index (κ3) is 1.74. The van der Waals surface area contributed by atoms with E-state index in [-0.39, 0.29) is 12.0 Å². The molecule has 0 fully saturated rings. The van der Waals surface area contributed by atoms with Crippen LogP contribution in [0.4, 0.5) is 0 Å². The lowest BCUT2D eigenvalue weighted by Crippen LogP contribution is -2.06. The molecule has 0 bridgehead atoms. The summed E-state index contributed by atoms with van der Waals surface area (Å²) in [4.78, 5) is 11.2. The first kappa shape index (κ1) is 10.8. The molecule has 18 heavy (non-hydrogen) atoms. The van der Waals surface area contributed by atoms with E-state index < -0.39 is 0 Å². The van der Waals surface area contributed by atoms with Crippen LogP contribution in [0.5, 0.6) is 0 Å². The summed E-state index contributed by atoms with van der Waals surface area (Å²) in [5.74, 6) is 0.643. The van der Waals surface area contributed by atoms with Crippen LogP contribution in [0.15, 0.2) is 54.9 Å². The summed E-state index contributed by atoms with van der Waals surface area (Å²) in [6.45, 7) is 1.53. The first-order chi connectivity index (χ1) is 8.75. The van der Waals surface area contributed by atoms with E-state index in [1.54, 1.807) is 6.08 Å². The van der Waals surface area contributed by atoms with Gasteiger partial charge in [0.25, 0.3) is 0 Å². The van der Waals surface area contributed by atoms with Crippen molar-refractivity contribution in [1.82, 2.24) is 4.57 Å². The highest BCUT2D eigenvalue weighted by atomic mass is 16.5. The van der Waals surface area contributed by atoms with Crippen molar-refractivity contribution in [3.05, 3.63) is 66.0 Å². The molecule has 1 aliphatic rings. The maximum Gasteiger partial charge on any atom is 0.202 e. The average Bonchev–Trinajstić information content (AvgIpc) is 2.96. The summed E-state index contributed by atoms with van der Waals surface area (Å²) >= 11 is 0. The number of fused-ring (bicyclic) bond motifs is 1. The summed E-state index contributed by atoms with van der Waals surface area (Å²) in [7, 11) is 0. The van der Waals surface area contributed by atoms with Crippen molar-refractivity contribution in [3.8, 4) is 0 Å². The highest BCUT2D eigenvalue weighted by Gasteiger charge is 2.28. The van der Waals surface area contributed by atoms with E-state index in [4.69, 9.17) is 4.74 Å². The minimum Gasteiger partial charge on any atom is -0.465 e. The zero-order valence-electron chi connectivity index (χ0n) is 10.0. The van der Waals surface area contributed by atoms with Crippen LogP contribution in [-0.2, 0) is 9.53 Å². The van der Waals surface area contributed by atoms with Crippen LogP contribution >= 0.6 is 0 Å². The van der Waals surface area contributed by atoms with Gasteiger partial charge in [-0.05, 0) is 19.1 Å². The lowest BCUT2D eigenvalue weighted by atomic mass is 10.1. The van der Waals surface area contributed by atoms with Crippen molar-refractivity contribution < 1.29 is 9.53 Å². The molecule has 0 amide bonds. The molecular weight excluding hydrogens is 226 g/mol. The number of carbonyl (C=O) groups excluding carboxylic acids is 1. The molecule has 0 spiro atoms. The predicted molar refractivity (Wildman–Crippen MR) is 68.8 cm³/mol. The first-order valence-corrected chi connectivity index (χ1v) is 5.86. The second-order valence-corrected chi connectivity index (χ2v) is 4.31. The van der Waals surface area contributed by atoms with Crippen LogP contribution in [0, 0.1) is 0 Å². The molecule has 90 valence electrons. The highest BCUT2D eigenvalue weighted by molar-refractivity contribution is 5.94. The smallest absolute Gasteiger partial charge is 0.202 e. The van der Waals surface area contributed by atoms with Gasteiger partial charge >= 0.3 is 0 Å². The molecule has 0 saturated heterocycles. The third-order valence-corrected chi connectivity index (χ3v) is 2.96. The minimum absolute atomic E-state index is 0.00652. The van der Waals surface area contributed by atoms with Gasteiger partial charge in [-0.3, -0.25) is 4.79 Å². The predicted octanol–water partition coefficient (Wildman–Crippen LogP) is 3.00. The molecule has 3 rings (SSSR count). The van der Waals surface area contributed by atoms with Gasteiger partial charge < -0.3 is 9.30 Å². The van der Waals surface area contributed by atoms with Gasteiger partial charge in [-0.1, -0.05) is 24.3 Å². The van der Waals surface area contributed by atoms with E-state index in [9.17, 15) is 4.79 Å². The van der Waals surface area contributed by atoms with Crippen molar-refractivity contribution >= 4 is 11.5 Å². The summed E-state index contributed by atoms with van der Waals surface area (Å²) in [5, 5.41) is 0. The van der Waals surface area contributed by atoms with Gasteiger partial charge in [-0.15, -0.1) is 0 Å². The second-order valence-electron chi connectivity index (χ2n) is 4.31. The van der Waals surface area contributed by atoms with Gasteiger partial charge in [0.2, 0.25) is 6.23 Å². The van der Waals surface area contributed by atoms with E-state index in [2.05, 4.69) is 0 Å². The SMILES string of the molecule is CC(=O)/C=C1\OC(n2cccc2)c2ccccc21. The number of ketones is 1. The number of aromatic nitrogens is 1. The molecule has 2 aromatic rings. The van der Waals surface area contributed by atoms with Gasteiger partial charge in [-0.2, -0.15) is 0 Å². The van der Waals surface area contributed by atoms with E-state index >= 15 is 0 Å². The van der Waals surface area contributed by atoms with Crippen LogP contribution < -0.4 is 0 Å². The number of benzene rings is 1. The second kappa shape index (κ2) is 4.18. The molecule has 2 heterocycles. The molecule has 0 aliphatic carbocycles. The van der Waals surface area contributed by atoms with Gasteiger partial charge in [0.15, 0.2) is 5.78 Å². The van der Waals surface area contributed by atoms with E-state index in [0.717, 1.165) is 11.1 Å². The number of allylic oxidation sites excluding steroid dienone is 1. The molecule has 3 nitrogen and oxygen atoms in total. The number of hydrogen-bond acceptors (Lipinski definition) is 2. The van der Waals surface area contributed by atoms with Crippen LogP contribution in [0.25, 0.3) is 5.76 Å². The molecule has 1 unspecified atom stereocenters. The zero-order valence-corrected chi connectivity index (χ0v) is 10.0. The van der Waals surface area contributed by atoms with Gasteiger partial charge in [-0.25, -0.2) is 0 Å². The molecule has 3 heteroatoms. The maximum atomic E-state index is 11.2. The van der Waals surface area contributed by atoms with Gasteiger partial charge in [0.1, 0.15) is 5.76 Å². The van der Waals surface area contributed by atoms with E-state index in [0.29, 0.717) is 5.76 Å². The lowest BCUT2D eigenvalue weighted by Gasteiger charge is -2.13. The quantitative estimate of drug-likeness (QED) is 0.754. The van der Waals surface area contributed by atoms with Crippen molar-refractivity contribution in [2.45, 2.75) is 13.2 Å². The Balaban J connectivity index is 2.10. The topological polar surface area (TPSA) is 31.2 Å². The minimum atomic E-state index is -0.179. The number of rotatable bonds is 2. The van der Waals surface area contributed by atoms with Crippen molar-refractivity contribution in [1.29, 1.82) is 0 Å². The number of hydrogen-bond donors (Lipinski definition) is 0. The average molecular weight is 239 g/mol. The Morgan fingerprint density at radius 2 is 1.94 bits per heavy atom. The standard InChI is InChI=1S/C15H13NO2/c1-11(17)10-14-12-6-2-3-7-13(12)15(18-14)16-8-4-5-9-16/h2-10,15H,1H3/b14-10-. The fourth-order valence-corrected chi connectivity index (χ4v) is 2.21. The fraction of sp³-hybridized carbons (Fsp3) is 0.133. The summed E-state index contributed by atoms with van der Waals surface area (Å²) in [6.07, 6.45) is 5.28. The molecule has 1 aromatic carbocycles. The molecule has 0 saturated carbocycles. The molecule has 1 aliphatic heterocycles. The first-order valence-electron chi connectivity index (χ1n) is 5.86. The molecule has 1 aromatic heterocycles. The monoisotopic (exact) mass is 239 g/mol. The van der Waals surface area contributed by atoms with Crippen molar-refractivity contribution in [3.63, 3.8) is 0 Å². The number of nitrogens with zero attached hydrogens (tertiary/aromatic N) is 1. The van der Waals surface area contributed by atoms with Gasteiger partial charge in [0.05, 0.1) is 0 Å². The Hall–Kier alpha value is -2.29. The van der Waals surface area contributed by atoms with E-state index in [1.807, 2.05) is 53.4 Å². The number of carbonyl (C=O) groups is 1. The van der Waals surface area contributed by atoms with Crippen LogP contribution in [0.2, 0.25) is 0 Å².